The summed E-state index contributed by atoms with van der Waals surface area (Å²) in [6, 6.07) is 1.78. The zero-order chi connectivity index (χ0) is 13.5. The van der Waals surface area contributed by atoms with Crippen molar-refractivity contribution in [3.63, 3.8) is 0 Å². The second-order valence-corrected chi connectivity index (χ2v) is 4.70. The van der Waals surface area contributed by atoms with E-state index in [4.69, 9.17) is 5.11 Å². The van der Waals surface area contributed by atoms with E-state index in [9.17, 15) is 4.79 Å². The number of piperidine rings is 1. The molecule has 0 unspecified atom stereocenters. The van der Waals surface area contributed by atoms with E-state index >= 15 is 0 Å². The summed E-state index contributed by atoms with van der Waals surface area (Å²) in [5.74, 6) is 0.737. The molecule has 1 fully saturated rings. The number of carbonyl (C=O) groups is 1. The number of aliphatic hydroxyl groups excluding tert-OH is 1. The lowest BCUT2D eigenvalue weighted by molar-refractivity contribution is -0.125. The Labute approximate surface area is 112 Å². The number of hydrogen-bond acceptors (Lipinski definition) is 5. The van der Waals surface area contributed by atoms with Crippen LogP contribution in [0.5, 0.6) is 0 Å². The number of rotatable bonds is 5. The summed E-state index contributed by atoms with van der Waals surface area (Å²) in [6.45, 7) is 2.20. The van der Waals surface area contributed by atoms with Gasteiger partial charge in [0.1, 0.15) is 0 Å². The van der Waals surface area contributed by atoms with Crippen molar-refractivity contribution in [3.8, 4) is 0 Å². The number of nitrogens with one attached hydrogen (secondary N) is 1. The minimum Gasteiger partial charge on any atom is -0.396 e. The van der Waals surface area contributed by atoms with Crippen molar-refractivity contribution in [1.29, 1.82) is 0 Å². The topological polar surface area (TPSA) is 78.4 Å². The van der Waals surface area contributed by atoms with Gasteiger partial charge >= 0.3 is 0 Å². The van der Waals surface area contributed by atoms with Crippen molar-refractivity contribution in [2.45, 2.75) is 19.3 Å². The molecule has 2 N–H and O–H groups in total. The molecule has 1 aromatic heterocycles. The van der Waals surface area contributed by atoms with E-state index in [1.54, 1.807) is 18.5 Å². The number of amides is 1. The molecule has 1 saturated heterocycles. The molecule has 1 aliphatic heterocycles. The normalized spacial score (nSPS) is 19.2. The Morgan fingerprint density at radius 1 is 1.47 bits per heavy atom. The van der Waals surface area contributed by atoms with Crippen LogP contribution < -0.4 is 10.2 Å². The lowest BCUT2D eigenvalue weighted by atomic mass is 9.97. The molecule has 0 aliphatic carbocycles. The summed E-state index contributed by atoms with van der Waals surface area (Å²) in [7, 11) is 0. The molecule has 19 heavy (non-hydrogen) atoms. The first-order valence-corrected chi connectivity index (χ1v) is 6.72. The van der Waals surface area contributed by atoms with Crippen LogP contribution in [0.2, 0.25) is 0 Å². The van der Waals surface area contributed by atoms with Gasteiger partial charge in [-0.15, -0.1) is 0 Å². The fourth-order valence-corrected chi connectivity index (χ4v) is 2.26. The highest BCUT2D eigenvalue weighted by Crippen LogP contribution is 2.19. The third kappa shape index (κ3) is 3.89. The lowest BCUT2D eigenvalue weighted by Crippen LogP contribution is -2.44. The highest BCUT2D eigenvalue weighted by atomic mass is 16.3. The van der Waals surface area contributed by atoms with Gasteiger partial charge in [-0.3, -0.25) is 4.79 Å². The van der Waals surface area contributed by atoms with Crippen molar-refractivity contribution >= 4 is 11.9 Å². The number of nitrogens with zero attached hydrogens (tertiary/aromatic N) is 3. The Hall–Kier alpha value is -1.69. The average Bonchev–Trinajstić information content (AvgIpc) is 2.48. The Balaban J connectivity index is 1.88. The molecule has 1 atom stereocenters. The van der Waals surface area contributed by atoms with Crippen LogP contribution in [0.4, 0.5) is 5.95 Å². The Morgan fingerprint density at radius 3 is 3.00 bits per heavy atom. The number of anilines is 1. The zero-order valence-electron chi connectivity index (χ0n) is 11.0. The van der Waals surface area contributed by atoms with Gasteiger partial charge in [0.05, 0.1) is 5.92 Å². The van der Waals surface area contributed by atoms with Gasteiger partial charge in [0, 0.05) is 38.6 Å². The average molecular weight is 264 g/mol. The van der Waals surface area contributed by atoms with Crippen LogP contribution >= 0.6 is 0 Å². The van der Waals surface area contributed by atoms with E-state index in [2.05, 4.69) is 20.2 Å². The van der Waals surface area contributed by atoms with Gasteiger partial charge < -0.3 is 15.3 Å². The van der Waals surface area contributed by atoms with Gasteiger partial charge in [-0.05, 0) is 25.3 Å². The molecule has 1 aromatic rings. The molecule has 6 nitrogen and oxygen atoms in total. The van der Waals surface area contributed by atoms with Crippen LogP contribution in [-0.4, -0.2) is 47.2 Å². The highest BCUT2D eigenvalue weighted by molar-refractivity contribution is 5.79. The Bertz CT molecular complexity index is 399. The van der Waals surface area contributed by atoms with Crippen LogP contribution in [0.1, 0.15) is 19.3 Å². The molecule has 0 bridgehead atoms. The molecule has 1 amide bonds. The van der Waals surface area contributed by atoms with Gasteiger partial charge in [0.15, 0.2) is 0 Å². The smallest absolute Gasteiger partial charge is 0.225 e. The summed E-state index contributed by atoms with van der Waals surface area (Å²) in [5, 5.41) is 11.6. The monoisotopic (exact) mass is 264 g/mol. The van der Waals surface area contributed by atoms with Crippen molar-refractivity contribution in [1.82, 2.24) is 15.3 Å². The van der Waals surface area contributed by atoms with Crippen molar-refractivity contribution in [2.24, 2.45) is 5.92 Å². The summed E-state index contributed by atoms with van der Waals surface area (Å²) in [4.78, 5) is 22.5. The van der Waals surface area contributed by atoms with E-state index in [1.807, 2.05) is 0 Å². The summed E-state index contributed by atoms with van der Waals surface area (Å²) >= 11 is 0. The number of hydrogen-bond donors (Lipinski definition) is 2. The van der Waals surface area contributed by atoms with Crippen molar-refractivity contribution < 1.29 is 9.90 Å². The maximum absolute atomic E-state index is 12.0. The molecular formula is C13H20N4O2. The van der Waals surface area contributed by atoms with E-state index in [-0.39, 0.29) is 18.4 Å². The fraction of sp³-hybridized carbons (Fsp3) is 0.615. The highest BCUT2D eigenvalue weighted by Gasteiger charge is 2.26. The third-order valence-electron chi connectivity index (χ3n) is 3.26. The number of aliphatic hydroxyl groups is 1. The fourth-order valence-electron chi connectivity index (χ4n) is 2.26. The minimum absolute atomic E-state index is 0.0174. The molecular weight excluding hydrogens is 244 g/mol. The van der Waals surface area contributed by atoms with Crippen LogP contribution in [0, 0.1) is 5.92 Å². The van der Waals surface area contributed by atoms with Crippen LogP contribution in [0.25, 0.3) is 0 Å². The summed E-state index contributed by atoms with van der Waals surface area (Å²) in [6.07, 6.45) is 5.90. The second kappa shape index (κ2) is 7.04. The van der Waals surface area contributed by atoms with E-state index in [0.29, 0.717) is 25.5 Å². The summed E-state index contributed by atoms with van der Waals surface area (Å²) in [5.41, 5.74) is 0. The molecule has 6 heteroatoms. The largest absolute Gasteiger partial charge is 0.396 e. The van der Waals surface area contributed by atoms with Crippen LogP contribution in [0.3, 0.4) is 0 Å². The molecule has 104 valence electrons. The zero-order valence-corrected chi connectivity index (χ0v) is 11.0. The molecule has 0 spiro atoms. The van der Waals surface area contributed by atoms with Crippen LogP contribution in [-0.2, 0) is 4.79 Å². The van der Waals surface area contributed by atoms with Gasteiger partial charge in [0.25, 0.3) is 0 Å². The van der Waals surface area contributed by atoms with E-state index < -0.39 is 0 Å². The SMILES string of the molecule is O=C(NCCCO)[C@@H]1CCCN(c2ncccn2)C1. The van der Waals surface area contributed by atoms with Crippen molar-refractivity contribution in [2.75, 3.05) is 31.1 Å². The third-order valence-corrected chi connectivity index (χ3v) is 3.26. The van der Waals surface area contributed by atoms with Crippen LogP contribution in [0.15, 0.2) is 18.5 Å². The predicted octanol–water partition coefficient (Wildman–Crippen LogP) is 0.192. The van der Waals surface area contributed by atoms with Crippen molar-refractivity contribution in [3.05, 3.63) is 18.5 Å². The minimum atomic E-state index is -0.0174. The standard InChI is InChI=1S/C13H20N4O2/c18-9-3-7-14-12(19)11-4-1-8-17(10-11)13-15-5-2-6-16-13/h2,5-6,11,18H,1,3-4,7-10H2,(H,14,19)/t11-/m1/s1. The molecule has 0 radical (unpaired) electrons. The first-order chi connectivity index (χ1) is 9.31. The Morgan fingerprint density at radius 2 is 2.26 bits per heavy atom. The van der Waals surface area contributed by atoms with Gasteiger partial charge in [-0.2, -0.15) is 0 Å². The van der Waals surface area contributed by atoms with Gasteiger partial charge in [-0.25, -0.2) is 9.97 Å². The molecule has 2 rings (SSSR count). The van der Waals surface area contributed by atoms with Gasteiger partial charge in [0.2, 0.25) is 11.9 Å². The van der Waals surface area contributed by atoms with Gasteiger partial charge in [-0.1, -0.05) is 0 Å². The second-order valence-electron chi connectivity index (χ2n) is 4.70. The number of carbonyl (C=O) groups excluding carboxylic acids is 1. The first kappa shape index (κ1) is 13.7. The van der Waals surface area contributed by atoms with E-state index in [0.717, 1.165) is 19.4 Å². The molecule has 0 saturated carbocycles. The molecule has 0 aromatic carbocycles. The first-order valence-electron chi connectivity index (χ1n) is 6.72. The predicted molar refractivity (Wildman–Crippen MR) is 71.7 cm³/mol. The maximum atomic E-state index is 12.0. The van der Waals surface area contributed by atoms with E-state index in [1.165, 1.54) is 0 Å². The molecule has 2 heterocycles. The number of aromatic nitrogens is 2. The maximum Gasteiger partial charge on any atom is 0.225 e. The Kier molecular flexibility index (Phi) is 5.09. The molecule has 1 aliphatic rings. The summed E-state index contributed by atoms with van der Waals surface area (Å²) < 4.78 is 0. The lowest BCUT2D eigenvalue weighted by Gasteiger charge is -2.31. The quantitative estimate of drug-likeness (QED) is 0.742.